The molecule has 2 aromatic carbocycles. The van der Waals surface area contributed by atoms with Gasteiger partial charge in [-0.15, -0.1) is 0 Å². The number of halogens is 1. The standard InChI is InChI=1S/C18H19FN2O5S/c1-10-4-7-16(11(2)8-10)21-17(22)12(3)26-18(23)14-9-13(27(20,24)25)5-6-15(14)19/h4-9,12H,1-3H3,(H,21,22)(H2,20,24,25)/t12-/m0/s1. The summed E-state index contributed by atoms with van der Waals surface area (Å²) in [6, 6.07) is 7.89. The molecule has 144 valence electrons. The zero-order valence-corrected chi connectivity index (χ0v) is 15.8. The van der Waals surface area contributed by atoms with E-state index in [4.69, 9.17) is 9.88 Å². The minimum Gasteiger partial charge on any atom is -0.449 e. The zero-order chi connectivity index (χ0) is 20.4. The molecule has 0 aliphatic heterocycles. The molecule has 0 radical (unpaired) electrons. The van der Waals surface area contributed by atoms with E-state index in [1.807, 2.05) is 26.0 Å². The molecule has 9 heteroatoms. The Bertz CT molecular complexity index is 1000. The summed E-state index contributed by atoms with van der Waals surface area (Å²) in [4.78, 5) is 23.9. The van der Waals surface area contributed by atoms with Crippen LogP contribution in [0.15, 0.2) is 41.3 Å². The Labute approximate surface area is 156 Å². The molecule has 0 fully saturated rings. The summed E-state index contributed by atoms with van der Waals surface area (Å²) in [6.45, 7) is 5.04. The lowest BCUT2D eigenvalue weighted by molar-refractivity contribution is -0.123. The van der Waals surface area contributed by atoms with Gasteiger partial charge in [0.05, 0.1) is 10.5 Å². The van der Waals surface area contributed by atoms with Crippen molar-refractivity contribution in [1.29, 1.82) is 0 Å². The third kappa shape index (κ3) is 5.11. The average Bonchev–Trinajstić information content (AvgIpc) is 2.56. The minimum atomic E-state index is -4.12. The van der Waals surface area contributed by atoms with E-state index in [9.17, 15) is 22.4 Å². The van der Waals surface area contributed by atoms with Crippen molar-refractivity contribution in [3.05, 3.63) is 58.9 Å². The normalized spacial score (nSPS) is 12.3. The zero-order valence-electron chi connectivity index (χ0n) is 14.9. The molecule has 0 aliphatic carbocycles. The van der Waals surface area contributed by atoms with Gasteiger partial charge in [-0.3, -0.25) is 4.79 Å². The lowest BCUT2D eigenvalue weighted by Crippen LogP contribution is -2.30. The van der Waals surface area contributed by atoms with Crippen LogP contribution in [0.25, 0.3) is 0 Å². The summed E-state index contributed by atoms with van der Waals surface area (Å²) >= 11 is 0. The van der Waals surface area contributed by atoms with E-state index in [1.165, 1.54) is 6.92 Å². The fourth-order valence-electron chi connectivity index (χ4n) is 2.30. The van der Waals surface area contributed by atoms with E-state index in [1.54, 1.807) is 6.07 Å². The summed E-state index contributed by atoms with van der Waals surface area (Å²) in [6.07, 6.45) is -1.24. The highest BCUT2D eigenvalue weighted by Gasteiger charge is 2.23. The molecular weight excluding hydrogens is 375 g/mol. The Kier molecular flexibility index (Phi) is 5.97. The number of aryl methyl sites for hydroxylation is 2. The van der Waals surface area contributed by atoms with Crippen LogP contribution < -0.4 is 10.5 Å². The molecule has 0 heterocycles. The second-order valence-corrected chi connectivity index (χ2v) is 7.60. The van der Waals surface area contributed by atoms with Gasteiger partial charge < -0.3 is 10.1 Å². The van der Waals surface area contributed by atoms with Crippen LogP contribution in [-0.2, 0) is 19.6 Å². The molecular formula is C18H19FN2O5S. The SMILES string of the molecule is Cc1ccc(NC(=O)[C@H](C)OC(=O)c2cc(S(N)(=O)=O)ccc2F)c(C)c1. The lowest BCUT2D eigenvalue weighted by atomic mass is 10.1. The fraction of sp³-hybridized carbons (Fsp3) is 0.222. The number of rotatable bonds is 5. The summed E-state index contributed by atoms with van der Waals surface area (Å²) < 4.78 is 41.5. The van der Waals surface area contributed by atoms with Gasteiger partial charge in [-0.05, 0) is 50.6 Å². The average molecular weight is 394 g/mol. The van der Waals surface area contributed by atoms with Crippen molar-refractivity contribution in [2.45, 2.75) is 31.8 Å². The Morgan fingerprint density at radius 1 is 1.15 bits per heavy atom. The predicted molar refractivity (Wildman–Crippen MR) is 97.2 cm³/mol. The van der Waals surface area contributed by atoms with E-state index >= 15 is 0 Å². The van der Waals surface area contributed by atoms with Crippen LogP contribution in [0.2, 0.25) is 0 Å². The van der Waals surface area contributed by atoms with Crippen molar-refractivity contribution in [3.8, 4) is 0 Å². The highest BCUT2D eigenvalue weighted by molar-refractivity contribution is 7.89. The molecule has 2 rings (SSSR count). The molecule has 2 aromatic rings. The molecule has 0 saturated carbocycles. The van der Waals surface area contributed by atoms with Gasteiger partial charge in [0.1, 0.15) is 5.82 Å². The number of hydrogen-bond donors (Lipinski definition) is 2. The van der Waals surface area contributed by atoms with Crippen LogP contribution in [0, 0.1) is 19.7 Å². The van der Waals surface area contributed by atoms with Gasteiger partial charge in [0.2, 0.25) is 10.0 Å². The number of nitrogens with two attached hydrogens (primary N) is 1. The molecule has 0 spiro atoms. The van der Waals surface area contributed by atoms with Crippen LogP contribution in [-0.4, -0.2) is 26.4 Å². The lowest BCUT2D eigenvalue weighted by Gasteiger charge is -2.15. The maximum absolute atomic E-state index is 13.9. The number of hydrogen-bond acceptors (Lipinski definition) is 5. The number of carbonyl (C=O) groups excluding carboxylic acids is 2. The number of ether oxygens (including phenoxy) is 1. The summed E-state index contributed by atoms with van der Waals surface area (Å²) in [5.74, 6) is -2.78. The van der Waals surface area contributed by atoms with E-state index in [0.29, 0.717) is 5.69 Å². The molecule has 0 aliphatic rings. The number of amides is 1. The van der Waals surface area contributed by atoms with Crippen LogP contribution in [0.1, 0.15) is 28.4 Å². The molecule has 3 N–H and O–H groups in total. The number of nitrogens with one attached hydrogen (secondary N) is 1. The van der Waals surface area contributed by atoms with Gasteiger partial charge in [-0.1, -0.05) is 17.7 Å². The van der Waals surface area contributed by atoms with Crippen molar-refractivity contribution >= 4 is 27.6 Å². The second-order valence-electron chi connectivity index (χ2n) is 6.04. The molecule has 0 aromatic heterocycles. The highest BCUT2D eigenvalue weighted by atomic mass is 32.2. The minimum absolute atomic E-state index is 0.441. The van der Waals surface area contributed by atoms with Crippen molar-refractivity contribution in [2.24, 2.45) is 5.14 Å². The first-order valence-corrected chi connectivity index (χ1v) is 9.45. The van der Waals surface area contributed by atoms with Crippen LogP contribution in [0.5, 0.6) is 0 Å². The third-order valence-corrected chi connectivity index (χ3v) is 4.69. The van der Waals surface area contributed by atoms with Crippen LogP contribution in [0.4, 0.5) is 10.1 Å². The van der Waals surface area contributed by atoms with E-state index in [0.717, 1.165) is 29.3 Å². The van der Waals surface area contributed by atoms with Gasteiger partial charge in [-0.25, -0.2) is 22.7 Å². The van der Waals surface area contributed by atoms with Gasteiger partial charge in [0, 0.05) is 5.69 Å². The maximum atomic E-state index is 13.9. The van der Waals surface area contributed by atoms with Crippen molar-refractivity contribution in [2.75, 3.05) is 5.32 Å². The number of sulfonamides is 1. The molecule has 7 nitrogen and oxygen atoms in total. The van der Waals surface area contributed by atoms with Gasteiger partial charge >= 0.3 is 5.97 Å². The molecule has 0 bridgehead atoms. The Morgan fingerprint density at radius 3 is 2.41 bits per heavy atom. The van der Waals surface area contributed by atoms with Gasteiger partial charge in [0.25, 0.3) is 5.91 Å². The number of esters is 1. The number of anilines is 1. The molecule has 0 unspecified atom stereocenters. The molecule has 1 amide bonds. The van der Waals surface area contributed by atoms with E-state index in [2.05, 4.69) is 5.32 Å². The summed E-state index contributed by atoms with van der Waals surface area (Å²) in [5, 5.41) is 7.59. The summed E-state index contributed by atoms with van der Waals surface area (Å²) in [7, 11) is -4.12. The number of benzene rings is 2. The number of primary sulfonamides is 1. The van der Waals surface area contributed by atoms with E-state index in [-0.39, 0.29) is 0 Å². The van der Waals surface area contributed by atoms with Crippen molar-refractivity contribution < 1.29 is 27.1 Å². The predicted octanol–water partition coefficient (Wildman–Crippen LogP) is 2.27. The first-order chi connectivity index (χ1) is 12.5. The fourth-order valence-corrected chi connectivity index (χ4v) is 2.84. The summed E-state index contributed by atoms with van der Waals surface area (Å²) in [5.41, 5.74) is 1.77. The smallest absolute Gasteiger partial charge is 0.341 e. The third-order valence-electron chi connectivity index (χ3n) is 3.78. The molecule has 27 heavy (non-hydrogen) atoms. The van der Waals surface area contributed by atoms with Crippen molar-refractivity contribution in [3.63, 3.8) is 0 Å². The quantitative estimate of drug-likeness (QED) is 0.755. The Hall–Kier alpha value is -2.78. The molecule has 1 atom stereocenters. The largest absolute Gasteiger partial charge is 0.449 e. The Balaban J connectivity index is 2.14. The topological polar surface area (TPSA) is 116 Å². The first kappa shape index (κ1) is 20.5. The van der Waals surface area contributed by atoms with Gasteiger partial charge in [0.15, 0.2) is 6.10 Å². The maximum Gasteiger partial charge on any atom is 0.341 e. The van der Waals surface area contributed by atoms with Crippen molar-refractivity contribution in [1.82, 2.24) is 0 Å². The first-order valence-electron chi connectivity index (χ1n) is 7.90. The Morgan fingerprint density at radius 2 is 1.81 bits per heavy atom. The highest BCUT2D eigenvalue weighted by Crippen LogP contribution is 2.18. The monoisotopic (exact) mass is 394 g/mol. The van der Waals surface area contributed by atoms with E-state index < -0.39 is 44.3 Å². The molecule has 0 saturated heterocycles. The number of carbonyl (C=O) groups is 2. The van der Waals surface area contributed by atoms with Gasteiger partial charge in [-0.2, -0.15) is 0 Å². The second kappa shape index (κ2) is 7.85. The van der Waals surface area contributed by atoms with Crippen LogP contribution in [0.3, 0.4) is 0 Å². The van der Waals surface area contributed by atoms with Crippen LogP contribution >= 0.6 is 0 Å².